The van der Waals surface area contributed by atoms with Crippen molar-refractivity contribution in [2.75, 3.05) is 5.32 Å². The molecule has 0 saturated carbocycles. The minimum absolute atomic E-state index is 0.00731. The van der Waals surface area contributed by atoms with Crippen molar-refractivity contribution in [1.29, 1.82) is 0 Å². The Bertz CT molecular complexity index is 1290. The number of nitro benzene ring substituents is 1. The largest absolute Gasteiger partial charge is 0.457 e. The number of amides is 1. The summed E-state index contributed by atoms with van der Waals surface area (Å²) in [5.41, 5.74) is -0.803. The molecule has 0 bridgehead atoms. The van der Waals surface area contributed by atoms with Crippen LogP contribution in [0.15, 0.2) is 36.4 Å². The van der Waals surface area contributed by atoms with Crippen LogP contribution in [0.1, 0.15) is 28.9 Å². The molecule has 0 atom stereocenters. The van der Waals surface area contributed by atoms with Crippen molar-refractivity contribution in [1.82, 2.24) is 9.78 Å². The fourth-order valence-corrected chi connectivity index (χ4v) is 3.19. The Balaban J connectivity index is 1.87. The number of nitrogens with zero attached hydrogens (tertiary/aromatic N) is 4. The van der Waals surface area contributed by atoms with Crippen molar-refractivity contribution in [3.63, 3.8) is 0 Å². The van der Waals surface area contributed by atoms with E-state index in [1.165, 1.54) is 19.1 Å². The molecule has 3 rings (SSSR count). The summed E-state index contributed by atoms with van der Waals surface area (Å²) in [5, 5.41) is 28.4. The van der Waals surface area contributed by atoms with E-state index < -0.39 is 40.1 Å². The van der Waals surface area contributed by atoms with Gasteiger partial charge in [-0.1, -0.05) is 12.1 Å². The summed E-state index contributed by atoms with van der Waals surface area (Å²) in [6, 6.07) is 9.09. The summed E-state index contributed by atoms with van der Waals surface area (Å²) < 4.78 is 32.8. The number of aryl methyl sites for hydroxylation is 2. The Hall–Kier alpha value is -4.42. The molecule has 0 saturated heterocycles. The van der Waals surface area contributed by atoms with E-state index in [0.717, 1.165) is 21.9 Å². The molecule has 1 aromatic heterocycles. The standard InChI is InChI=1S/C21H19F2N5O6/c1-11-4-5-12(2)17(6-11)34-16-8-14(7-15(9-16)27(30)31)24-18(29)10-26-13(3)20(28(32)33)19(25-26)21(22)23/h4-9,21H,10H2,1-3H3,(H,24,29). The smallest absolute Gasteiger partial charge is 0.319 e. The normalized spacial score (nSPS) is 10.9. The van der Waals surface area contributed by atoms with Crippen molar-refractivity contribution < 1.29 is 28.2 Å². The van der Waals surface area contributed by atoms with Crippen LogP contribution in [0.3, 0.4) is 0 Å². The number of alkyl halides is 2. The minimum atomic E-state index is -3.20. The van der Waals surface area contributed by atoms with Gasteiger partial charge in [0.1, 0.15) is 23.7 Å². The summed E-state index contributed by atoms with van der Waals surface area (Å²) >= 11 is 0. The lowest BCUT2D eigenvalue weighted by atomic mass is 10.1. The van der Waals surface area contributed by atoms with Gasteiger partial charge in [0.05, 0.1) is 21.6 Å². The quantitative estimate of drug-likeness (QED) is 0.357. The molecule has 0 unspecified atom stereocenters. The highest BCUT2D eigenvalue weighted by Gasteiger charge is 2.31. The zero-order valence-electron chi connectivity index (χ0n) is 18.2. The van der Waals surface area contributed by atoms with Crippen LogP contribution in [0.4, 0.5) is 25.8 Å². The second-order valence-electron chi connectivity index (χ2n) is 7.43. The SMILES string of the molecule is Cc1ccc(C)c(Oc2cc(NC(=O)Cn3nc(C(F)F)c([N+](=O)[O-])c3C)cc([N+](=O)[O-])c2)c1. The number of rotatable bonds is 8. The number of ether oxygens (including phenoxy) is 1. The van der Waals surface area contributed by atoms with E-state index in [1.54, 1.807) is 13.0 Å². The second kappa shape index (κ2) is 9.60. The fourth-order valence-electron chi connectivity index (χ4n) is 3.19. The molecule has 3 aromatic rings. The number of anilines is 1. The number of benzene rings is 2. The molecular formula is C21H19F2N5O6. The van der Waals surface area contributed by atoms with Crippen molar-refractivity contribution in [2.24, 2.45) is 0 Å². The molecule has 0 spiro atoms. The number of nitrogens with one attached hydrogen (secondary N) is 1. The Labute approximate surface area is 191 Å². The van der Waals surface area contributed by atoms with Crippen LogP contribution in [0, 0.1) is 41.0 Å². The Morgan fingerprint density at radius 3 is 2.41 bits per heavy atom. The van der Waals surface area contributed by atoms with Crippen molar-refractivity contribution >= 4 is 23.0 Å². The van der Waals surface area contributed by atoms with Gasteiger partial charge in [-0.05, 0) is 38.0 Å². The van der Waals surface area contributed by atoms with Gasteiger partial charge in [-0.3, -0.25) is 29.7 Å². The van der Waals surface area contributed by atoms with E-state index in [0.29, 0.717) is 5.75 Å². The second-order valence-corrected chi connectivity index (χ2v) is 7.43. The van der Waals surface area contributed by atoms with Crippen molar-refractivity contribution in [3.05, 3.63) is 79.1 Å². The van der Waals surface area contributed by atoms with Crippen molar-refractivity contribution in [2.45, 2.75) is 33.7 Å². The van der Waals surface area contributed by atoms with E-state index in [4.69, 9.17) is 4.74 Å². The predicted octanol–water partition coefficient (Wildman–Crippen LogP) is 4.99. The molecule has 0 aliphatic heterocycles. The first-order chi connectivity index (χ1) is 16.0. The van der Waals surface area contributed by atoms with Crippen LogP contribution in [0.5, 0.6) is 11.5 Å². The molecular weight excluding hydrogens is 456 g/mol. The van der Waals surface area contributed by atoms with Crippen LogP contribution >= 0.6 is 0 Å². The molecule has 1 N–H and O–H groups in total. The highest BCUT2D eigenvalue weighted by atomic mass is 19.3. The van der Waals surface area contributed by atoms with Gasteiger partial charge in [0.15, 0.2) is 0 Å². The van der Waals surface area contributed by atoms with Crippen LogP contribution < -0.4 is 10.1 Å². The lowest BCUT2D eigenvalue weighted by Gasteiger charge is -2.12. The first-order valence-electron chi connectivity index (χ1n) is 9.80. The lowest BCUT2D eigenvalue weighted by Crippen LogP contribution is -2.20. The fraction of sp³-hybridized carbons (Fsp3) is 0.238. The third-order valence-electron chi connectivity index (χ3n) is 4.84. The summed E-state index contributed by atoms with van der Waals surface area (Å²) in [6.07, 6.45) is -3.20. The van der Waals surface area contributed by atoms with E-state index in [2.05, 4.69) is 10.4 Å². The molecule has 0 fully saturated rings. The number of aromatic nitrogens is 2. The number of halogens is 2. The number of non-ortho nitro benzene ring substituents is 1. The number of nitro groups is 2. The summed E-state index contributed by atoms with van der Waals surface area (Å²) in [6.45, 7) is 4.21. The first kappa shape index (κ1) is 24.2. The van der Waals surface area contributed by atoms with Gasteiger partial charge in [0.2, 0.25) is 11.6 Å². The Morgan fingerprint density at radius 1 is 1.12 bits per heavy atom. The van der Waals surface area contributed by atoms with Gasteiger partial charge >= 0.3 is 5.69 Å². The average Bonchev–Trinajstić information content (AvgIpc) is 3.07. The Kier molecular flexibility index (Phi) is 6.84. The molecule has 1 amide bonds. The van der Waals surface area contributed by atoms with Crippen LogP contribution in [0.2, 0.25) is 0 Å². The van der Waals surface area contributed by atoms with Gasteiger partial charge in [-0.25, -0.2) is 8.78 Å². The highest BCUT2D eigenvalue weighted by Crippen LogP contribution is 2.33. The number of hydrogen-bond donors (Lipinski definition) is 1. The summed E-state index contributed by atoms with van der Waals surface area (Å²) in [5.74, 6) is -0.236. The summed E-state index contributed by atoms with van der Waals surface area (Å²) in [7, 11) is 0. The molecule has 1 heterocycles. The van der Waals surface area contributed by atoms with E-state index >= 15 is 0 Å². The molecule has 2 aromatic carbocycles. The number of carbonyl (C=O) groups excluding carboxylic acids is 1. The minimum Gasteiger partial charge on any atom is -0.457 e. The average molecular weight is 475 g/mol. The highest BCUT2D eigenvalue weighted by molar-refractivity contribution is 5.91. The van der Waals surface area contributed by atoms with Crippen LogP contribution in [0.25, 0.3) is 0 Å². The van der Waals surface area contributed by atoms with Gasteiger partial charge in [-0.2, -0.15) is 5.10 Å². The zero-order valence-corrected chi connectivity index (χ0v) is 18.2. The monoisotopic (exact) mass is 475 g/mol. The maximum absolute atomic E-state index is 13.1. The third-order valence-corrected chi connectivity index (χ3v) is 4.84. The topological polar surface area (TPSA) is 142 Å². The first-order valence-corrected chi connectivity index (χ1v) is 9.80. The van der Waals surface area contributed by atoms with Gasteiger partial charge < -0.3 is 10.1 Å². The van der Waals surface area contributed by atoms with Crippen molar-refractivity contribution in [3.8, 4) is 11.5 Å². The molecule has 0 aliphatic carbocycles. The van der Waals surface area contributed by atoms with Gasteiger partial charge in [0.25, 0.3) is 12.1 Å². The van der Waals surface area contributed by atoms with Gasteiger partial charge in [0, 0.05) is 12.1 Å². The molecule has 178 valence electrons. The molecule has 0 radical (unpaired) electrons. The summed E-state index contributed by atoms with van der Waals surface area (Å²) in [4.78, 5) is 33.3. The van der Waals surface area contributed by atoms with E-state index in [1.807, 2.05) is 19.1 Å². The predicted molar refractivity (Wildman–Crippen MR) is 116 cm³/mol. The maximum atomic E-state index is 13.1. The van der Waals surface area contributed by atoms with E-state index in [9.17, 15) is 33.8 Å². The van der Waals surface area contributed by atoms with Crippen LogP contribution in [-0.2, 0) is 11.3 Å². The molecule has 13 heteroatoms. The Morgan fingerprint density at radius 2 is 1.82 bits per heavy atom. The third kappa shape index (κ3) is 5.31. The molecule has 0 aliphatic rings. The number of carbonyl (C=O) groups is 1. The number of hydrogen-bond acceptors (Lipinski definition) is 7. The maximum Gasteiger partial charge on any atom is 0.319 e. The van der Waals surface area contributed by atoms with Crippen LogP contribution in [-0.4, -0.2) is 25.5 Å². The molecule has 11 nitrogen and oxygen atoms in total. The van der Waals surface area contributed by atoms with E-state index in [-0.39, 0.29) is 22.8 Å². The molecule has 34 heavy (non-hydrogen) atoms. The van der Waals surface area contributed by atoms with Gasteiger partial charge in [-0.15, -0.1) is 0 Å². The zero-order chi connectivity index (χ0) is 25.2. The lowest BCUT2D eigenvalue weighted by molar-refractivity contribution is -0.386.